The minimum atomic E-state index is -3.92. The average molecular weight is 453 g/mol. The van der Waals surface area contributed by atoms with Gasteiger partial charge in [0.2, 0.25) is 0 Å². The molecule has 1 amide bonds. The third kappa shape index (κ3) is 4.76. The zero-order chi connectivity index (χ0) is 21.8. The smallest absolute Gasteiger partial charge is 0.261 e. The molecule has 9 heteroatoms. The molecule has 7 nitrogen and oxygen atoms in total. The first-order chi connectivity index (χ1) is 14.9. The molecular formula is C22H17ClN4O3S. The Hall–Kier alpha value is -3.62. The number of aromatic amines is 1. The van der Waals surface area contributed by atoms with E-state index in [9.17, 15) is 13.2 Å². The first kappa shape index (κ1) is 20.6. The van der Waals surface area contributed by atoms with Crippen molar-refractivity contribution in [2.24, 2.45) is 0 Å². The Morgan fingerprint density at radius 1 is 0.935 bits per heavy atom. The lowest BCUT2D eigenvalue weighted by atomic mass is 10.1. The van der Waals surface area contributed by atoms with Crippen molar-refractivity contribution in [3.8, 4) is 11.3 Å². The molecule has 1 heterocycles. The van der Waals surface area contributed by atoms with Gasteiger partial charge in [-0.05, 0) is 54.1 Å². The summed E-state index contributed by atoms with van der Waals surface area (Å²) < 4.78 is 27.9. The Bertz CT molecular complexity index is 1320. The maximum absolute atomic E-state index is 12.7. The zero-order valence-corrected chi connectivity index (χ0v) is 17.6. The minimum Gasteiger partial charge on any atom is -0.322 e. The van der Waals surface area contributed by atoms with Crippen molar-refractivity contribution in [1.29, 1.82) is 0 Å². The summed E-state index contributed by atoms with van der Waals surface area (Å²) in [5.41, 5.74) is 2.84. The van der Waals surface area contributed by atoms with Crippen LogP contribution in [-0.4, -0.2) is 24.5 Å². The first-order valence-electron chi connectivity index (χ1n) is 9.21. The third-order valence-electron chi connectivity index (χ3n) is 4.48. The van der Waals surface area contributed by atoms with E-state index in [1.807, 2.05) is 18.2 Å². The van der Waals surface area contributed by atoms with Crippen LogP contribution in [0.5, 0.6) is 0 Å². The molecule has 31 heavy (non-hydrogen) atoms. The van der Waals surface area contributed by atoms with Gasteiger partial charge in [0.25, 0.3) is 15.9 Å². The fourth-order valence-electron chi connectivity index (χ4n) is 2.91. The number of aromatic nitrogens is 2. The van der Waals surface area contributed by atoms with Gasteiger partial charge in [0, 0.05) is 17.4 Å². The van der Waals surface area contributed by atoms with Crippen LogP contribution in [0.2, 0.25) is 5.02 Å². The molecule has 3 N–H and O–H groups in total. The molecule has 0 saturated heterocycles. The van der Waals surface area contributed by atoms with Crippen molar-refractivity contribution >= 4 is 38.9 Å². The van der Waals surface area contributed by atoms with Gasteiger partial charge in [0.15, 0.2) is 0 Å². The minimum absolute atomic E-state index is 0.0466. The highest BCUT2D eigenvalue weighted by Gasteiger charge is 2.18. The number of halogens is 1. The maximum Gasteiger partial charge on any atom is 0.261 e. The van der Waals surface area contributed by atoms with Crippen molar-refractivity contribution in [2.75, 3.05) is 10.0 Å². The van der Waals surface area contributed by atoms with Crippen molar-refractivity contribution in [1.82, 2.24) is 10.2 Å². The summed E-state index contributed by atoms with van der Waals surface area (Å²) in [6, 6.07) is 21.3. The summed E-state index contributed by atoms with van der Waals surface area (Å²) in [6.45, 7) is 0. The summed E-state index contributed by atoms with van der Waals surface area (Å²) in [6.07, 6.45) is 1.66. The van der Waals surface area contributed by atoms with Crippen LogP contribution in [0.1, 0.15) is 10.4 Å². The van der Waals surface area contributed by atoms with Crippen molar-refractivity contribution in [3.05, 3.63) is 95.6 Å². The van der Waals surface area contributed by atoms with E-state index in [1.165, 1.54) is 18.2 Å². The number of hydrogen-bond donors (Lipinski definition) is 3. The zero-order valence-electron chi connectivity index (χ0n) is 16.0. The predicted molar refractivity (Wildman–Crippen MR) is 121 cm³/mol. The van der Waals surface area contributed by atoms with Gasteiger partial charge in [-0.2, -0.15) is 5.10 Å². The topological polar surface area (TPSA) is 104 Å². The molecule has 0 saturated carbocycles. The van der Waals surface area contributed by atoms with Crippen molar-refractivity contribution in [2.45, 2.75) is 4.90 Å². The first-order valence-corrected chi connectivity index (χ1v) is 11.1. The largest absolute Gasteiger partial charge is 0.322 e. The Morgan fingerprint density at radius 3 is 2.42 bits per heavy atom. The summed E-state index contributed by atoms with van der Waals surface area (Å²) in [5.74, 6) is -0.427. The fraction of sp³-hybridized carbons (Fsp3) is 0. The highest BCUT2D eigenvalue weighted by Crippen LogP contribution is 2.25. The van der Waals surface area contributed by atoms with Crippen LogP contribution in [0, 0.1) is 0 Å². The number of carbonyl (C=O) groups is 1. The van der Waals surface area contributed by atoms with Crippen LogP contribution in [0.25, 0.3) is 11.3 Å². The second-order valence-corrected chi connectivity index (χ2v) is 8.70. The Labute approximate surface area is 184 Å². The van der Waals surface area contributed by atoms with Crippen LogP contribution in [0.15, 0.2) is 90.0 Å². The van der Waals surface area contributed by atoms with Crippen molar-refractivity contribution in [3.63, 3.8) is 0 Å². The van der Waals surface area contributed by atoms with E-state index in [2.05, 4.69) is 20.2 Å². The number of hydrogen-bond acceptors (Lipinski definition) is 4. The SMILES string of the molecule is O=C(Nc1ccc(-c2ccn[nH]2)cc1)c1cccc(S(=O)(=O)Nc2ccccc2Cl)c1. The van der Waals surface area contributed by atoms with Gasteiger partial charge < -0.3 is 5.32 Å². The molecule has 0 bridgehead atoms. The lowest BCUT2D eigenvalue weighted by molar-refractivity contribution is 0.102. The molecule has 4 rings (SSSR count). The van der Waals surface area contributed by atoms with Crippen LogP contribution in [0.3, 0.4) is 0 Å². The molecule has 0 aliphatic rings. The van der Waals surface area contributed by atoms with Gasteiger partial charge in [0.1, 0.15) is 0 Å². The highest BCUT2D eigenvalue weighted by molar-refractivity contribution is 7.92. The molecule has 0 fully saturated rings. The molecule has 4 aromatic rings. The number of nitrogens with zero attached hydrogens (tertiary/aromatic N) is 1. The predicted octanol–water partition coefficient (Wildman–Crippen LogP) is 4.78. The van der Waals surface area contributed by atoms with E-state index in [0.29, 0.717) is 5.69 Å². The molecule has 0 unspecified atom stereocenters. The molecule has 156 valence electrons. The quantitative estimate of drug-likeness (QED) is 0.391. The molecular weight excluding hydrogens is 436 g/mol. The Morgan fingerprint density at radius 2 is 1.71 bits per heavy atom. The number of benzene rings is 3. The molecule has 0 spiro atoms. The average Bonchev–Trinajstić information content (AvgIpc) is 3.31. The van der Waals surface area contributed by atoms with Crippen LogP contribution in [-0.2, 0) is 10.0 Å². The summed E-state index contributed by atoms with van der Waals surface area (Å²) in [5, 5.41) is 9.83. The summed E-state index contributed by atoms with van der Waals surface area (Å²) in [7, 11) is -3.92. The van der Waals surface area contributed by atoms with Crippen molar-refractivity contribution < 1.29 is 13.2 Å². The number of carbonyl (C=O) groups excluding carboxylic acids is 1. The second-order valence-electron chi connectivity index (χ2n) is 6.61. The maximum atomic E-state index is 12.7. The third-order valence-corrected chi connectivity index (χ3v) is 6.17. The lowest BCUT2D eigenvalue weighted by Crippen LogP contribution is -2.16. The number of anilines is 2. The van der Waals surface area contributed by atoms with Crippen LogP contribution < -0.4 is 10.0 Å². The van der Waals surface area contributed by atoms with Crippen LogP contribution >= 0.6 is 11.6 Å². The fourth-order valence-corrected chi connectivity index (χ4v) is 4.27. The second kappa shape index (κ2) is 8.63. The van der Waals surface area contributed by atoms with Crippen LogP contribution in [0.4, 0.5) is 11.4 Å². The molecule has 0 aliphatic carbocycles. The van der Waals surface area contributed by atoms with E-state index in [-0.39, 0.29) is 21.2 Å². The van der Waals surface area contributed by atoms with Gasteiger partial charge in [0.05, 0.1) is 21.3 Å². The van der Waals surface area contributed by atoms with Gasteiger partial charge in [-0.15, -0.1) is 0 Å². The Kier molecular flexibility index (Phi) is 5.75. The number of H-pyrrole nitrogens is 1. The molecule has 0 radical (unpaired) electrons. The molecule has 0 atom stereocenters. The Balaban J connectivity index is 1.51. The number of nitrogens with one attached hydrogen (secondary N) is 3. The monoisotopic (exact) mass is 452 g/mol. The summed E-state index contributed by atoms with van der Waals surface area (Å²) >= 11 is 6.04. The van der Waals surface area contributed by atoms with Gasteiger partial charge in [-0.25, -0.2) is 8.42 Å². The standard InChI is InChI=1S/C22H17ClN4O3S/c23-19-6-1-2-7-21(19)27-31(29,30)18-5-3-4-16(14-18)22(28)25-17-10-8-15(9-11-17)20-12-13-24-26-20/h1-14,27H,(H,24,26)(H,25,28). The number of sulfonamides is 1. The van der Waals surface area contributed by atoms with E-state index in [4.69, 9.17) is 11.6 Å². The van der Waals surface area contributed by atoms with E-state index in [1.54, 1.807) is 48.7 Å². The number of rotatable bonds is 6. The number of amides is 1. The molecule has 1 aromatic heterocycles. The summed E-state index contributed by atoms with van der Waals surface area (Å²) in [4.78, 5) is 12.6. The van der Waals surface area contributed by atoms with E-state index < -0.39 is 15.9 Å². The van der Waals surface area contributed by atoms with Gasteiger partial charge in [-0.3, -0.25) is 14.6 Å². The normalized spacial score (nSPS) is 11.1. The van der Waals surface area contributed by atoms with E-state index in [0.717, 1.165) is 11.3 Å². The number of para-hydroxylation sites is 1. The van der Waals surface area contributed by atoms with Gasteiger partial charge in [-0.1, -0.05) is 41.9 Å². The molecule has 3 aromatic carbocycles. The highest BCUT2D eigenvalue weighted by atomic mass is 35.5. The van der Waals surface area contributed by atoms with Gasteiger partial charge >= 0.3 is 0 Å². The molecule has 0 aliphatic heterocycles. The van der Waals surface area contributed by atoms with E-state index >= 15 is 0 Å². The lowest BCUT2D eigenvalue weighted by Gasteiger charge is -2.11.